The lowest BCUT2D eigenvalue weighted by Crippen LogP contribution is -2.46. The summed E-state index contributed by atoms with van der Waals surface area (Å²) >= 11 is 3.48. The van der Waals surface area contributed by atoms with Crippen molar-refractivity contribution in [3.63, 3.8) is 0 Å². The van der Waals surface area contributed by atoms with Gasteiger partial charge in [0.25, 0.3) is 0 Å². The predicted octanol–water partition coefficient (Wildman–Crippen LogP) is 5.69. The van der Waals surface area contributed by atoms with Crippen LogP contribution in [0.2, 0.25) is 6.32 Å². The number of nitrogens with zero attached hydrogens (tertiary/aromatic N) is 1. The summed E-state index contributed by atoms with van der Waals surface area (Å²) < 4.78 is 11.7. The van der Waals surface area contributed by atoms with Gasteiger partial charge in [-0.05, 0) is 78.4 Å². The number of benzene rings is 2. The molecule has 41 heavy (non-hydrogen) atoms. The number of amides is 3. The minimum Gasteiger partial charge on any atom is -0.507 e. The number of allylic oxidation sites excluding steroid dienone is 2. The van der Waals surface area contributed by atoms with Crippen LogP contribution in [0.5, 0.6) is 5.75 Å². The molecule has 8 nitrogen and oxygen atoms in total. The number of aromatic hydroxyl groups is 1. The SMILES string of the molecule is COC(=O)N1C(=O)[C@@H]2[C@@H](CC(C(C)C)=C3[C@@H](CC/C(=C/c4cc(Br)ccc4O)c4ccccc4)OB(O)C[C@@H]32)C1=O. The summed E-state index contributed by atoms with van der Waals surface area (Å²) in [5, 5.41) is 21.3. The molecule has 2 saturated heterocycles. The van der Waals surface area contributed by atoms with E-state index < -0.39 is 48.9 Å². The molecule has 2 aromatic carbocycles. The van der Waals surface area contributed by atoms with Crippen molar-refractivity contribution in [2.45, 2.75) is 45.5 Å². The summed E-state index contributed by atoms with van der Waals surface area (Å²) in [6.45, 7) is 4.10. The average molecular weight is 622 g/mol. The van der Waals surface area contributed by atoms with Crippen LogP contribution in [0, 0.1) is 23.7 Å². The fourth-order valence-corrected chi connectivity index (χ4v) is 6.97. The minimum atomic E-state index is -1.12. The Balaban J connectivity index is 1.50. The Bertz CT molecular complexity index is 1420. The number of likely N-dealkylation sites (tertiary alicyclic amines) is 1. The van der Waals surface area contributed by atoms with Gasteiger partial charge in [0.2, 0.25) is 11.8 Å². The van der Waals surface area contributed by atoms with Crippen molar-refractivity contribution in [3.05, 3.63) is 75.3 Å². The van der Waals surface area contributed by atoms with Crippen molar-refractivity contribution < 1.29 is 33.9 Å². The lowest BCUT2D eigenvalue weighted by Gasteiger charge is -2.44. The van der Waals surface area contributed by atoms with E-state index in [2.05, 4.69) is 15.9 Å². The number of methoxy groups -OCH3 is 1. The quantitative estimate of drug-likeness (QED) is 0.184. The number of fused-ring (bicyclic) bond motifs is 3. The van der Waals surface area contributed by atoms with E-state index in [1.54, 1.807) is 12.1 Å². The van der Waals surface area contributed by atoms with Gasteiger partial charge < -0.3 is 19.5 Å². The lowest BCUT2D eigenvalue weighted by molar-refractivity contribution is -0.137. The van der Waals surface area contributed by atoms with Crippen molar-refractivity contribution in [2.24, 2.45) is 23.7 Å². The maximum Gasteiger partial charge on any atom is 0.455 e. The molecule has 3 aliphatic rings. The Morgan fingerprint density at radius 1 is 1.17 bits per heavy atom. The van der Waals surface area contributed by atoms with Crippen LogP contribution in [-0.2, 0) is 19.0 Å². The zero-order chi connectivity index (χ0) is 29.4. The molecule has 0 bridgehead atoms. The summed E-state index contributed by atoms with van der Waals surface area (Å²) in [6, 6.07) is 15.1. The van der Waals surface area contributed by atoms with E-state index in [0.717, 1.165) is 33.9 Å². The summed E-state index contributed by atoms with van der Waals surface area (Å²) in [7, 11) is 0.0305. The van der Waals surface area contributed by atoms with Crippen molar-refractivity contribution in [1.82, 2.24) is 4.90 Å². The van der Waals surface area contributed by atoms with E-state index in [9.17, 15) is 24.5 Å². The molecule has 0 spiro atoms. The number of rotatable bonds is 6. The first-order valence-electron chi connectivity index (χ1n) is 13.9. The standard InChI is InChI=1S/C31H33BBrNO7/c1-17(2)22-15-23-28(30(37)34(29(23)36)31(38)40-3)24-16-32(39)41-26(27(22)24)12-9-19(18-7-5-4-6-8-18)13-20-14-21(33)10-11-25(20)35/h4-8,10-11,13-14,17,23-24,26,28,35,39H,9,12,15-16H2,1-3H3/b19-13-/t23-,24+,26-,28-/m1/s1. The highest BCUT2D eigenvalue weighted by Gasteiger charge is 2.59. The summed E-state index contributed by atoms with van der Waals surface area (Å²) in [4.78, 5) is 39.6. The van der Waals surface area contributed by atoms with Gasteiger partial charge in [0.05, 0.1) is 25.0 Å². The molecule has 214 valence electrons. The molecule has 0 saturated carbocycles. The maximum absolute atomic E-state index is 13.4. The van der Waals surface area contributed by atoms with Gasteiger partial charge in [-0.3, -0.25) is 9.59 Å². The van der Waals surface area contributed by atoms with Crippen LogP contribution in [0.4, 0.5) is 4.79 Å². The van der Waals surface area contributed by atoms with Gasteiger partial charge in [-0.2, -0.15) is 4.90 Å². The van der Waals surface area contributed by atoms with Crippen LogP contribution in [0.15, 0.2) is 64.1 Å². The third kappa shape index (κ3) is 5.65. The molecule has 2 N–H and O–H groups in total. The molecule has 2 aromatic rings. The molecule has 2 aliphatic heterocycles. The summed E-state index contributed by atoms with van der Waals surface area (Å²) in [5.41, 5.74) is 4.63. The van der Waals surface area contributed by atoms with Crippen molar-refractivity contribution >= 4 is 52.6 Å². The largest absolute Gasteiger partial charge is 0.507 e. The maximum atomic E-state index is 13.4. The molecule has 3 amide bonds. The minimum absolute atomic E-state index is 0.0765. The zero-order valence-corrected chi connectivity index (χ0v) is 24.8. The second-order valence-corrected chi connectivity index (χ2v) is 12.1. The number of imide groups is 3. The smallest absolute Gasteiger partial charge is 0.455 e. The molecule has 1 aliphatic carbocycles. The Kier molecular flexibility index (Phi) is 8.54. The van der Waals surface area contributed by atoms with Crippen LogP contribution in [0.25, 0.3) is 11.6 Å². The second-order valence-electron chi connectivity index (χ2n) is 11.2. The highest BCUT2D eigenvalue weighted by atomic mass is 79.9. The predicted molar refractivity (Wildman–Crippen MR) is 158 cm³/mol. The molecule has 2 fully saturated rings. The van der Waals surface area contributed by atoms with Crippen LogP contribution in [0.3, 0.4) is 0 Å². The Hall–Kier alpha value is -3.21. The van der Waals surface area contributed by atoms with Gasteiger partial charge in [-0.15, -0.1) is 0 Å². The van der Waals surface area contributed by atoms with E-state index >= 15 is 0 Å². The second kappa shape index (κ2) is 12.0. The van der Waals surface area contributed by atoms with E-state index in [0.29, 0.717) is 29.7 Å². The summed E-state index contributed by atoms with van der Waals surface area (Å²) in [6.07, 6.45) is 2.09. The monoisotopic (exact) mass is 621 g/mol. The third-order valence-corrected chi connectivity index (χ3v) is 8.93. The highest BCUT2D eigenvalue weighted by Crippen LogP contribution is 2.52. The molecular weight excluding hydrogens is 589 g/mol. The number of phenols is 1. The van der Waals surface area contributed by atoms with Crippen LogP contribution in [-0.4, -0.2) is 53.3 Å². The molecule has 4 atom stereocenters. The molecule has 10 heteroatoms. The number of hydrogen-bond donors (Lipinski definition) is 2. The number of phenolic OH excluding ortho intramolecular Hbond substituents is 1. The van der Waals surface area contributed by atoms with Gasteiger partial charge >= 0.3 is 13.2 Å². The molecule has 0 aromatic heterocycles. The van der Waals surface area contributed by atoms with Crippen LogP contribution < -0.4 is 0 Å². The molecule has 5 rings (SSSR count). The number of carbonyl (C=O) groups is 3. The Morgan fingerprint density at radius 2 is 1.90 bits per heavy atom. The molecule has 0 unspecified atom stereocenters. The lowest BCUT2D eigenvalue weighted by atomic mass is 9.57. The van der Waals surface area contributed by atoms with E-state index in [-0.39, 0.29) is 18.0 Å². The fourth-order valence-electron chi connectivity index (χ4n) is 6.59. The fraction of sp³-hybridized carbons (Fsp3) is 0.387. The Labute approximate surface area is 248 Å². The zero-order valence-electron chi connectivity index (χ0n) is 23.2. The van der Waals surface area contributed by atoms with Crippen molar-refractivity contribution in [3.8, 4) is 5.75 Å². The van der Waals surface area contributed by atoms with Gasteiger partial charge in [0.15, 0.2) is 0 Å². The number of hydrogen-bond acceptors (Lipinski definition) is 7. The molecular formula is C31H33BBrNO7. The van der Waals surface area contributed by atoms with Crippen molar-refractivity contribution in [1.29, 1.82) is 0 Å². The van der Waals surface area contributed by atoms with Gasteiger partial charge in [0, 0.05) is 10.0 Å². The van der Waals surface area contributed by atoms with Crippen LogP contribution >= 0.6 is 15.9 Å². The Morgan fingerprint density at radius 3 is 2.59 bits per heavy atom. The number of ether oxygens (including phenoxy) is 1. The summed E-state index contributed by atoms with van der Waals surface area (Å²) in [5.74, 6) is -2.71. The van der Waals surface area contributed by atoms with Crippen LogP contribution in [0.1, 0.15) is 44.2 Å². The first-order chi connectivity index (χ1) is 19.6. The number of halogens is 1. The van der Waals surface area contributed by atoms with E-state index in [4.69, 9.17) is 9.39 Å². The first-order valence-corrected chi connectivity index (χ1v) is 14.7. The van der Waals surface area contributed by atoms with Gasteiger partial charge in [-0.1, -0.05) is 65.7 Å². The molecule has 2 heterocycles. The highest BCUT2D eigenvalue weighted by molar-refractivity contribution is 9.10. The van der Waals surface area contributed by atoms with Gasteiger partial charge in [-0.25, -0.2) is 4.79 Å². The molecule has 0 radical (unpaired) electrons. The van der Waals surface area contributed by atoms with Gasteiger partial charge in [0.1, 0.15) is 5.75 Å². The normalized spacial score (nSPS) is 24.6. The van der Waals surface area contributed by atoms with E-state index in [1.807, 2.05) is 56.3 Å². The first kappa shape index (κ1) is 29.3. The van der Waals surface area contributed by atoms with E-state index in [1.165, 1.54) is 0 Å². The third-order valence-electron chi connectivity index (χ3n) is 8.44. The number of carbonyl (C=O) groups excluding carboxylic acids is 3. The average Bonchev–Trinajstić information content (AvgIpc) is 3.21. The topological polar surface area (TPSA) is 113 Å². The van der Waals surface area contributed by atoms with Crippen molar-refractivity contribution in [2.75, 3.05) is 7.11 Å².